The molecule has 1 saturated heterocycles. The highest BCUT2D eigenvalue weighted by molar-refractivity contribution is 7.14. The summed E-state index contributed by atoms with van der Waals surface area (Å²) >= 11 is 0.969. The SMILES string of the molecule is CC(C)(C)OC(=O)NCc1cn(C[C@H]2NC(=O)[C@H]2NC(=O)/C(=N\OC2(C(=O)O)CC2)c2csc(NC(=O)OC(C)(C)C)n2)nn1. The topological polar surface area (TPSA) is 237 Å². The number of carbonyl (C=O) groups is 5. The van der Waals surface area contributed by atoms with Crippen molar-refractivity contribution in [2.75, 3.05) is 5.32 Å². The van der Waals surface area contributed by atoms with E-state index in [0.29, 0.717) is 5.69 Å². The molecule has 2 aliphatic rings. The molecule has 4 amide bonds. The lowest BCUT2D eigenvalue weighted by Crippen LogP contribution is -2.70. The minimum Gasteiger partial charge on any atom is -0.478 e. The van der Waals surface area contributed by atoms with Crippen LogP contribution in [0.3, 0.4) is 0 Å². The summed E-state index contributed by atoms with van der Waals surface area (Å²) in [7, 11) is 0. The third-order valence-corrected chi connectivity index (χ3v) is 6.81. The van der Waals surface area contributed by atoms with Crippen molar-refractivity contribution in [3.05, 3.63) is 23.0 Å². The number of β-lactam (4-membered cyclic amide) rings is 1. The highest BCUT2D eigenvalue weighted by Crippen LogP contribution is 2.40. The summed E-state index contributed by atoms with van der Waals surface area (Å²) in [6.45, 7) is 10.5. The lowest BCUT2D eigenvalue weighted by molar-refractivity contribution is -0.153. The summed E-state index contributed by atoms with van der Waals surface area (Å²) in [5, 5.41) is 33.1. The van der Waals surface area contributed by atoms with Crippen molar-refractivity contribution < 1.29 is 43.4 Å². The number of rotatable bonds is 11. The minimum absolute atomic E-state index is 0.0283. The Bertz CT molecular complexity index is 1500. The van der Waals surface area contributed by atoms with Gasteiger partial charge in [-0.05, 0) is 41.5 Å². The number of anilines is 1. The molecule has 0 bridgehead atoms. The van der Waals surface area contributed by atoms with Gasteiger partial charge in [-0.3, -0.25) is 19.6 Å². The molecule has 0 aromatic carbocycles. The molecule has 0 radical (unpaired) electrons. The van der Waals surface area contributed by atoms with Gasteiger partial charge in [0.25, 0.3) is 5.91 Å². The van der Waals surface area contributed by atoms with Crippen LogP contribution < -0.4 is 21.3 Å². The lowest BCUT2D eigenvalue weighted by atomic mass is 9.98. The maximum absolute atomic E-state index is 13.4. The van der Waals surface area contributed by atoms with Crippen molar-refractivity contribution in [2.45, 2.75) is 96.4 Å². The summed E-state index contributed by atoms with van der Waals surface area (Å²) in [5.41, 5.74) is -2.96. The first kappa shape index (κ1) is 33.1. The molecule has 1 saturated carbocycles. The molecular weight excluding hydrogens is 614 g/mol. The molecule has 2 fully saturated rings. The van der Waals surface area contributed by atoms with Crippen molar-refractivity contribution in [1.29, 1.82) is 0 Å². The number of carboxylic acids is 1. The van der Waals surface area contributed by atoms with E-state index < -0.39 is 64.6 Å². The number of hydrogen-bond donors (Lipinski definition) is 5. The Balaban J connectivity index is 1.42. The van der Waals surface area contributed by atoms with Gasteiger partial charge in [0.15, 0.2) is 10.8 Å². The molecule has 18 nitrogen and oxygen atoms in total. The predicted molar refractivity (Wildman–Crippen MR) is 156 cm³/mol. The summed E-state index contributed by atoms with van der Waals surface area (Å²) < 4.78 is 11.8. The largest absolute Gasteiger partial charge is 0.478 e. The van der Waals surface area contributed by atoms with Crippen LogP contribution in [0.2, 0.25) is 0 Å². The van der Waals surface area contributed by atoms with Crippen LogP contribution in [0.4, 0.5) is 14.7 Å². The molecule has 0 spiro atoms. The molecule has 2 aromatic heterocycles. The van der Waals surface area contributed by atoms with Crippen LogP contribution in [0.1, 0.15) is 65.8 Å². The van der Waals surface area contributed by atoms with Crippen molar-refractivity contribution in [1.82, 2.24) is 35.9 Å². The van der Waals surface area contributed by atoms with Gasteiger partial charge in [-0.1, -0.05) is 10.4 Å². The van der Waals surface area contributed by atoms with E-state index in [-0.39, 0.29) is 36.8 Å². The molecule has 0 unspecified atom stereocenters. The van der Waals surface area contributed by atoms with Crippen LogP contribution in [0.15, 0.2) is 16.7 Å². The molecule has 19 heteroatoms. The molecule has 3 heterocycles. The zero-order valence-corrected chi connectivity index (χ0v) is 26.3. The number of oxime groups is 1. The smallest absolute Gasteiger partial charge is 0.413 e. The lowest BCUT2D eigenvalue weighted by Gasteiger charge is -2.36. The molecule has 2 atom stereocenters. The monoisotopic (exact) mass is 649 g/mol. The number of alkyl carbamates (subject to hydrolysis) is 1. The van der Waals surface area contributed by atoms with Crippen molar-refractivity contribution >= 4 is 52.2 Å². The second-order valence-corrected chi connectivity index (χ2v) is 13.2. The Morgan fingerprint density at radius 1 is 1.13 bits per heavy atom. The fraction of sp³-hybridized carbons (Fsp3) is 0.577. The average Bonchev–Trinajstić information content (AvgIpc) is 3.34. The average molecular weight is 650 g/mol. The van der Waals surface area contributed by atoms with Gasteiger partial charge in [0, 0.05) is 18.2 Å². The number of carboxylic acid groups (broad SMARTS) is 1. The number of aromatic nitrogens is 4. The van der Waals surface area contributed by atoms with Crippen LogP contribution in [0, 0.1) is 0 Å². The normalized spacial score (nSPS) is 19.0. The molecule has 1 aliphatic carbocycles. The standard InChI is InChI=1S/C26H35N9O9S/c1-24(2,3)42-22(40)27-9-13-10-35(34-32-13)11-14-16(18(36)28-14)30-19(37)17(33-44-26(7-8-26)20(38)39)15-12-45-21(29-15)31-23(41)43-25(4,5)6/h10,12,14,16H,7-9,11H2,1-6H3,(H,27,40)(H,28,36)(H,30,37)(H,38,39)(H,29,31,41)/b33-17-/t14-,16+/m1/s1. The summed E-state index contributed by atoms with van der Waals surface area (Å²) in [6, 6.07) is -1.60. The Morgan fingerprint density at radius 3 is 2.40 bits per heavy atom. The van der Waals surface area contributed by atoms with E-state index in [1.807, 2.05) is 0 Å². The second kappa shape index (κ2) is 12.7. The van der Waals surface area contributed by atoms with Crippen molar-refractivity contribution in [3.63, 3.8) is 0 Å². The zero-order valence-electron chi connectivity index (χ0n) is 25.5. The first-order chi connectivity index (χ1) is 20.9. The first-order valence-corrected chi connectivity index (χ1v) is 14.7. The van der Waals surface area contributed by atoms with E-state index in [1.165, 1.54) is 10.1 Å². The van der Waals surface area contributed by atoms with Crippen molar-refractivity contribution in [3.8, 4) is 0 Å². The maximum Gasteiger partial charge on any atom is 0.413 e. The van der Waals surface area contributed by atoms with Gasteiger partial charge < -0.3 is 35.4 Å². The number of carbonyl (C=O) groups excluding carboxylic acids is 4. The molecule has 1 aliphatic heterocycles. The number of aliphatic carboxylic acids is 1. The van der Waals surface area contributed by atoms with Gasteiger partial charge >= 0.3 is 18.2 Å². The number of ether oxygens (including phenoxy) is 2. The van der Waals surface area contributed by atoms with Crippen LogP contribution in [-0.2, 0) is 41.8 Å². The zero-order chi connectivity index (χ0) is 33.2. The van der Waals surface area contributed by atoms with Gasteiger partial charge in [-0.2, -0.15) is 0 Å². The fourth-order valence-electron chi connectivity index (χ4n) is 3.78. The number of nitrogens with one attached hydrogen (secondary N) is 4. The molecule has 244 valence electrons. The molecule has 45 heavy (non-hydrogen) atoms. The summed E-state index contributed by atoms with van der Waals surface area (Å²) in [6.07, 6.45) is 0.580. The molecule has 2 aromatic rings. The predicted octanol–water partition coefficient (Wildman–Crippen LogP) is 1.13. The number of thiazole rings is 1. The highest BCUT2D eigenvalue weighted by atomic mass is 32.1. The van der Waals surface area contributed by atoms with E-state index in [0.717, 1.165) is 11.3 Å². The summed E-state index contributed by atoms with van der Waals surface area (Å²) in [5.74, 6) is -2.57. The third kappa shape index (κ3) is 9.10. The molecule has 5 N–H and O–H groups in total. The highest BCUT2D eigenvalue weighted by Gasteiger charge is 2.55. The van der Waals surface area contributed by atoms with Gasteiger partial charge in [-0.15, -0.1) is 16.4 Å². The molecular formula is C26H35N9O9S. The fourth-order valence-corrected chi connectivity index (χ4v) is 4.46. The van der Waals surface area contributed by atoms with Gasteiger partial charge in [-0.25, -0.2) is 19.4 Å². The van der Waals surface area contributed by atoms with Crippen LogP contribution >= 0.6 is 11.3 Å². The summed E-state index contributed by atoms with van der Waals surface area (Å²) in [4.78, 5) is 70.9. The second-order valence-electron chi connectivity index (χ2n) is 12.3. The number of nitrogens with zero attached hydrogens (tertiary/aromatic N) is 5. The van der Waals surface area contributed by atoms with Crippen LogP contribution in [0.25, 0.3) is 0 Å². The minimum atomic E-state index is -1.56. The maximum atomic E-state index is 13.4. The van der Waals surface area contributed by atoms with E-state index in [2.05, 4.69) is 41.7 Å². The van der Waals surface area contributed by atoms with Crippen LogP contribution in [0.5, 0.6) is 0 Å². The quantitative estimate of drug-likeness (QED) is 0.131. The first-order valence-electron chi connectivity index (χ1n) is 13.9. The van der Waals surface area contributed by atoms with Gasteiger partial charge in [0.05, 0.1) is 25.3 Å². The number of amides is 4. The number of hydrogen-bond acceptors (Lipinski definition) is 13. The van der Waals surface area contributed by atoms with Crippen LogP contribution in [-0.4, -0.2) is 89.7 Å². The van der Waals surface area contributed by atoms with E-state index in [4.69, 9.17) is 14.3 Å². The van der Waals surface area contributed by atoms with Gasteiger partial charge in [0.2, 0.25) is 11.5 Å². The Hall–Kier alpha value is -4.81. The van der Waals surface area contributed by atoms with E-state index in [9.17, 15) is 29.1 Å². The third-order valence-electron chi connectivity index (χ3n) is 6.06. The van der Waals surface area contributed by atoms with Gasteiger partial charge in [0.1, 0.15) is 28.6 Å². The van der Waals surface area contributed by atoms with E-state index >= 15 is 0 Å². The van der Waals surface area contributed by atoms with E-state index in [1.54, 1.807) is 47.7 Å². The van der Waals surface area contributed by atoms with Crippen molar-refractivity contribution in [2.24, 2.45) is 5.16 Å². The Kier molecular flexibility index (Phi) is 9.31. The Labute approximate surface area is 261 Å². The Morgan fingerprint density at radius 2 is 1.80 bits per heavy atom. The molecule has 4 rings (SSSR count).